The lowest BCUT2D eigenvalue weighted by molar-refractivity contribution is 0.381. The number of fused-ring (bicyclic) bond motifs is 1. The first-order chi connectivity index (χ1) is 9.88. The van der Waals surface area contributed by atoms with Gasteiger partial charge in [-0.05, 0) is 48.4 Å². The van der Waals surface area contributed by atoms with Gasteiger partial charge in [0.15, 0.2) is 0 Å². The number of benzene rings is 2. The van der Waals surface area contributed by atoms with Gasteiger partial charge < -0.3 is 5.32 Å². The summed E-state index contributed by atoms with van der Waals surface area (Å²) < 4.78 is 0. The Bertz CT molecular complexity index is 604. The highest BCUT2D eigenvalue weighted by Crippen LogP contribution is 2.54. The smallest absolute Gasteiger partial charge is 0.0170 e. The molecule has 1 saturated carbocycles. The number of hydrogen-bond donors (Lipinski definition) is 1. The lowest BCUT2D eigenvalue weighted by Crippen LogP contribution is -2.40. The minimum absolute atomic E-state index is 0.634. The molecule has 2 aromatic carbocycles. The maximum atomic E-state index is 3.61. The summed E-state index contributed by atoms with van der Waals surface area (Å²) in [6, 6.07) is 20.6. The van der Waals surface area contributed by atoms with Gasteiger partial charge in [0.1, 0.15) is 0 Å². The molecule has 4 unspecified atom stereocenters. The van der Waals surface area contributed by atoms with Gasteiger partial charge in [0.2, 0.25) is 0 Å². The quantitative estimate of drug-likeness (QED) is 0.886. The molecule has 0 radical (unpaired) electrons. The van der Waals surface area contributed by atoms with Gasteiger partial charge >= 0.3 is 0 Å². The van der Waals surface area contributed by atoms with Crippen LogP contribution in [-0.4, -0.2) is 13.1 Å². The minimum atomic E-state index is 0.634. The van der Waals surface area contributed by atoms with E-state index in [1.807, 2.05) is 0 Å². The van der Waals surface area contributed by atoms with E-state index in [9.17, 15) is 0 Å². The van der Waals surface area contributed by atoms with Crippen molar-refractivity contribution in [1.82, 2.24) is 5.32 Å². The Morgan fingerprint density at radius 3 is 2.50 bits per heavy atom. The minimum Gasteiger partial charge on any atom is -0.316 e. The van der Waals surface area contributed by atoms with Gasteiger partial charge in [-0.3, -0.25) is 0 Å². The van der Waals surface area contributed by atoms with E-state index in [0.29, 0.717) is 6.04 Å². The van der Waals surface area contributed by atoms with Crippen molar-refractivity contribution in [2.45, 2.75) is 30.7 Å². The molecule has 1 nitrogen and oxygen atoms in total. The van der Waals surface area contributed by atoms with Crippen LogP contribution in [0.4, 0.5) is 0 Å². The molecule has 1 N–H and O–H groups in total. The van der Waals surface area contributed by atoms with E-state index < -0.39 is 0 Å². The van der Waals surface area contributed by atoms with Crippen LogP contribution < -0.4 is 5.32 Å². The first-order valence-corrected chi connectivity index (χ1v) is 7.68. The summed E-state index contributed by atoms with van der Waals surface area (Å²) in [5, 5.41) is 3.61. The van der Waals surface area contributed by atoms with Crippen molar-refractivity contribution in [3.63, 3.8) is 0 Å². The molecule has 0 amide bonds. The second-order valence-corrected chi connectivity index (χ2v) is 6.24. The molecule has 2 aliphatic carbocycles. The molecule has 1 heteroatoms. The third kappa shape index (κ3) is 1.89. The molecule has 20 heavy (non-hydrogen) atoms. The fourth-order valence-corrected chi connectivity index (χ4v) is 4.03. The Kier molecular flexibility index (Phi) is 2.89. The van der Waals surface area contributed by atoms with Crippen molar-refractivity contribution in [3.05, 3.63) is 71.3 Å². The molecule has 0 aromatic heterocycles. The second-order valence-electron chi connectivity index (χ2n) is 6.24. The Morgan fingerprint density at radius 1 is 1.00 bits per heavy atom. The SMILES string of the molecule is CNC(C1Cc2ccccc21)C1CC1c1ccccc1. The van der Waals surface area contributed by atoms with Crippen molar-refractivity contribution in [3.8, 4) is 0 Å². The zero-order valence-electron chi connectivity index (χ0n) is 11.9. The van der Waals surface area contributed by atoms with E-state index in [0.717, 1.165) is 17.8 Å². The molecule has 0 saturated heterocycles. The fraction of sp³-hybridized carbons (Fsp3) is 0.368. The Balaban J connectivity index is 1.52. The van der Waals surface area contributed by atoms with Gasteiger partial charge in [-0.15, -0.1) is 0 Å². The van der Waals surface area contributed by atoms with Crippen molar-refractivity contribution in [2.24, 2.45) is 5.92 Å². The summed E-state index contributed by atoms with van der Waals surface area (Å²) in [6.07, 6.45) is 2.59. The van der Waals surface area contributed by atoms with Crippen molar-refractivity contribution < 1.29 is 0 Å². The molecule has 0 aliphatic heterocycles. The van der Waals surface area contributed by atoms with Crippen LogP contribution in [0.15, 0.2) is 54.6 Å². The Hall–Kier alpha value is -1.60. The van der Waals surface area contributed by atoms with E-state index in [1.165, 1.54) is 18.4 Å². The van der Waals surface area contributed by atoms with Crippen molar-refractivity contribution >= 4 is 0 Å². The van der Waals surface area contributed by atoms with Gasteiger partial charge in [-0.2, -0.15) is 0 Å². The molecular formula is C19H21N. The highest BCUT2D eigenvalue weighted by atomic mass is 14.9. The number of hydrogen-bond acceptors (Lipinski definition) is 1. The summed E-state index contributed by atoms with van der Waals surface area (Å²) >= 11 is 0. The van der Waals surface area contributed by atoms with Crippen LogP contribution in [-0.2, 0) is 6.42 Å². The third-order valence-electron chi connectivity index (χ3n) is 5.19. The molecular weight excluding hydrogens is 242 g/mol. The lowest BCUT2D eigenvalue weighted by Gasteiger charge is -2.37. The molecule has 102 valence electrons. The summed E-state index contributed by atoms with van der Waals surface area (Å²) in [5.41, 5.74) is 4.64. The average molecular weight is 263 g/mol. The maximum absolute atomic E-state index is 3.61. The zero-order valence-corrected chi connectivity index (χ0v) is 11.9. The molecule has 0 heterocycles. The standard InChI is InChI=1S/C19H21N/c1-20-19(17-11-14-9-5-6-10-15(14)17)18-12-16(18)13-7-3-2-4-8-13/h2-10,16-20H,11-12H2,1H3. The van der Waals surface area contributed by atoms with Crippen LogP contribution in [0.5, 0.6) is 0 Å². The lowest BCUT2D eigenvalue weighted by atomic mass is 9.72. The van der Waals surface area contributed by atoms with Gasteiger partial charge in [0.25, 0.3) is 0 Å². The first kappa shape index (κ1) is 12.2. The molecule has 2 aliphatic rings. The molecule has 4 atom stereocenters. The number of likely N-dealkylation sites (N-methyl/N-ethyl adjacent to an activating group) is 1. The predicted octanol–water partition coefficient (Wildman–Crippen LogP) is 3.72. The van der Waals surface area contributed by atoms with Crippen LogP contribution in [0.2, 0.25) is 0 Å². The summed E-state index contributed by atoms with van der Waals surface area (Å²) in [5.74, 6) is 2.29. The van der Waals surface area contributed by atoms with Crippen LogP contribution in [0.3, 0.4) is 0 Å². The Labute approximate surface area is 121 Å². The van der Waals surface area contributed by atoms with E-state index in [1.54, 1.807) is 11.1 Å². The highest BCUT2D eigenvalue weighted by Gasteiger charge is 2.48. The Morgan fingerprint density at radius 2 is 1.75 bits per heavy atom. The average Bonchev–Trinajstić information content (AvgIpc) is 3.26. The van der Waals surface area contributed by atoms with Crippen LogP contribution in [0, 0.1) is 5.92 Å². The van der Waals surface area contributed by atoms with E-state index in [2.05, 4.69) is 67.0 Å². The largest absolute Gasteiger partial charge is 0.316 e. The summed E-state index contributed by atoms with van der Waals surface area (Å²) in [6.45, 7) is 0. The number of nitrogens with one attached hydrogen (secondary N) is 1. The predicted molar refractivity (Wildman–Crippen MR) is 83.0 cm³/mol. The van der Waals surface area contributed by atoms with Crippen LogP contribution >= 0.6 is 0 Å². The van der Waals surface area contributed by atoms with Gasteiger partial charge in [0, 0.05) is 12.0 Å². The summed E-state index contributed by atoms with van der Waals surface area (Å²) in [4.78, 5) is 0. The molecule has 4 rings (SSSR count). The van der Waals surface area contributed by atoms with Gasteiger partial charge in [-0.1, -0.05) is 54.6 Å². The molecule has 1 fully saturated rings. The monoisotopic (exact) mass is 263 g/mol. The van der Waals surface area contributed by atoms with Crippen LogP contribution in [0.25, 0.3) is 0 Å². The third-order valence-corrected chi connectivity index (χ3v) is 5.19. The van der Waals surface area contributed by atoms with Crippen LogP contribution in [0.1, 0.15) is 34.9 Å². The zero-order chi connectivity index (χ0) is 13.5. The molecule has 0 spiro atoms. The van der Waals surface area contributed by atoms with Crippen molar-refractivity contribution in [1.29, 1.82) is 0 Å². The fourth-order valence-electron chi connectivity index (χ4n) is 4.03. The number of rotatable bonds is 4. The summed E-state index contributed by atoms with van der Waals surface area (Å²) in [7, 11) is 2.13. The van der Waals surface area contributed by atoms with Crippen molar-refractivity contribution in [2.75, 3.05) is 7.05 Å². The first-order valence-electron chi connectivity index (χ1n) is 7.68. The van der Waals surface area contributed by atoms with Gasteiger partial charge in [-0.25, -0.2) is 0 Å². The maximum Gasteiger partial charge on any atom is 0.0170 e. The van der Waals surface area contributed by atoms with Gasteiger partial charge in [0.05, 0.1) is 0 Å². The van der Waals surface area contributed by atoms with E-state index in [-0.39, 0.29) is 0 Å². The van der Waals surface area contributed by atoms with E-state index >= 15 is 0 Å². The molecule has 0 bridgehead atoms. The topological polar surface area (TPSA) is 12.0 Å². The van der Waals surface area contributed by atoms with E-state index in [4.69, 9.17) is 0 Å². The highest BCUT2D eigenvalue weighted by molar-refractivity contribution is 5.42. The molecule has 2 aromatic rings. The normalized spacial score (nSPS) is 28.4. The second kappa shape index (κ2) is 4.75.